The van der Waals surface area contributed by atoms with Crippen molar-refractivity contribution in [1.29, 1.82) is 0 Å². The minimum absolute atomic E-state index is 0.297. The summed E-state index contributed by atoms with van der Waals surface area (Å²) in [5.74, 6) is 1.77. The highest BCUT2D eigenvalue weighted by atomic mass is 35.5. The van der Waals surface area contributed by atoms with E-state index in [1.54, 1.807) is 25.3 Å². The predicted molar refractivity (Wildman–Crippen MR) is 64.5 cm³/mol. The van der Waals surface area contributed by atoms with E-state index in [1.807, 2.05) is 0 Å². The Morgan fingerprint density at radius 3 is 2.59 bits per heavy atom. The fourth-order valence-corrected chi connectivity index (χ4v) is 1.82. The highest BCUT2D eigenvalue weighted by Gasteiger charge is 2.17. The number of rotatable bonds is 3. The summed E-state index contributed by atoms with van der Waals surface area (Å²) in [5, 5.41) is 4.00. The van der Waals surface area contributed by atoms with Gasteiger partial charge in [0.05, 0.1) is 19.2 Å². The maximum absolute atomic E-state index is 6.20. The van der Waals surface area contributed by atoms with Crippen molar-refractivity contribution in [3.63, 3.8) is 0 Å². The molecule has 6 heteroatoms. The number of nitrogens with two attached hydrogens (primary N) is 1. The van der Waals surface area contributed by atoms with Crippen molar-refractivity contribution in [2.24, 2.45) is 0 Å². The van der Waals surface area contributed by atoms with Gasteiger partial charge in [-0.2, -0.15) is 0 Å². The first-order valence-electron chi connectivity index (χ1n) is 4.80. The number of hydrogen-bond acceptors (Lipinski definition) is 5. The Bertz CT molecular complexity index is 540. The molecule has 0 bridgehead atoms. The second-order valence-corrected chi connectivity index (χ2v) is 3.66. The van der Waals surface area contributed by atoms with E-state index >= 15 is 0 Å². The number of aromatic nitrogens is 1. The zero-order valence-electron chi connectivity index (χ0n) is 9.36. The number of ether oxygens (including phenoxy) is 2. The normalized spacial score (nSPS) is 10.3. The fraction of sp³-hybridized carbons (Fsp3) is 0.182. The van der Waals surface area contributed by atoms with Gasteiger partial charge in [-0.1, -0.05) is 16.8 Å². The van der Waals surface area contributed by atoms with Gasteiger partial charge in [-0.25, -0.2) is 0 Å². The summed E-state index contributed by atoms with van der Waals surface area (Å²) in [6, 6.07) is 5.08. The number of nitrogen functional groups attached to an aromatic ring is 1. The molecule has 1 heterocycles. The van der Waals surface area contributed by atoms with Crippen LogP contribution in [0.25, 0.3) is 11.3 Å². The molecule has 17 heavy (non-hydrogen) atoms. The summed E-state index contributed by atoms with van der Waals surface area (Å²) in [6.45, 7) is 0. The van der Waals surface area contributed by atoms with E-state index in [1.165, 1.54) is 7.11 Å². The number of hydrogen-bond donors (Lipinski definition) is 1. The third-order valence-electron chi connectivity index (χ3n) is 2.28. The summed E-state index contributed by atoms with van der Waals surface area (Å²) in [5.41, 5.74) is 6.14. The lowest BCUT2D eigenvalue weighted by Gasteiger charge is -2.10. The number of nitrogens with zero attached hydrogens (tertiary/aromatic N) is 1. The molecule has 0 atom stereocenters. The van der Waals surface area contributed by atoms with Gasteiger partial charge >= 0.3 is 0 Å². The van der Waals surface area contributed by atoms with E-state index in [0.29, 0.717) is 33.7 Å². The van der Waals surface area contributed by atoms with Gasteiger partial charge in [-0.3, -0.25) is 0 Å². The van der Waals surface area contributed by atoms with E-state index in [9.17, 15) is 0 Å². The van der Waals surface area contributed by atoms with Gasteiger partial charge in [0.1, 0.15) is 0 Å². The van der Waals surface area contributed by atoms with Gasteiger partial charge in [0, 0.05) is 11.6 Å². The highest BCUT2D eigenvalue weighted by Crippen LogP contribution is 2.41. The molecule has 5 nitrogen and oxygen atoms in total. The first kappa shape index (κ1) is 11.6. The highest BCUT2D eigenvalue weighted by molar-refractivity contribution is 6.35. The van der Waals surface area contributed by atoms with Crippen LogP contribution in [-0.4, -0.2) is 19.4 Å². The number of halogens is 1. The molecule has 0 saturated heterocycles. The molecule has 0 spiro atoms. The van der Waals surface area contributed by atoms with Crippen LogP contribution in [0.4, 0.5) is 5.82 Å². The van der Waals surface area contributed by atoms with E-state index in [4.69, 9.17) is 31.3 Å². The Morgan fingerprint density at radius 1 is 1.29 bits per heavy atom. The van der Waals surface area contributed by atoms with Gasteiger partial charge in [-0.05, 0) is 12.1 Å². The standard InChI is InChI=1S/C11H11ClN2O3/c1-15-7-4-3-6(10(12)11(7)16-2)8-5-9(13)14-17-8/h3-5H,1-2H3,(H2,13,14). The molecule has 2 N–H and O–H groups in total. The Kier molecular flexibility index (Phi) is 3.10. The molecule has 0 aliphatic heterocycles. The van der Waals surface area contributed by atoms with Crippen molar-refractivity contribution in [3.8, 4) is 22.8 Å². The molecule has 0 saturated carbocycles. The van der Waals surface area contributed by atoms with Crippen LogP contribution in [0.2, 0.25) is 5.02 Å². The topological polar surface area (TPSA) is 70.5 Å². The quantitative estimate of drug-likeness (QED) is 0.912. The van der Waals surface area contributed by atoms with Crippen molar-refractivity contribution >= 4 is 17.4 Å². The van der Waals surface area contributed by atoms with Crippen molar-refractivity contribution in [3.05, 3.63) is 23.2 Å². The maximum atomic E-state index is 6.20. The Morgan fingerprint density at radius 2 is 2.06 bits per heavy atom. The van der Waals surface area contributed by atoms with E-state index in [2.05, 4.69) is 5.16 Å². The SMILES string of the molecule is COc1ccc(-c2cc(N)no2)c(Cl)c1OC. The van der Waals surface area contributed by atoms with Gasteiger partial charge in [0.2, 0.25) is 0 Å². The number of anilines is 1. The van der Waals surface area contributed by atoms with Crippen LogP contribution < -0.4 is 15.2 Å². The molecular formula is C11H11ClN2O3. The lowest BCUT2D eigenvalue weighted by Crippen LogP contribution is -1.92. The molecule has 90 valence electrons. The number of methoxy groups -OCH3 is 2. The summed E-state index contributed by atoms with van der Waals surface area (Å²) < 4.78 is 15.4. The summed E-state index contributed by atoms with van der Waals surface area (Å²) >= 11 is 6.20. The van der Waals surface area contributed by atoms with Gasteiger partial charge < -0.3 is 19.7 Å². The second-order valence-electron chi connectivity index (χ2n) is 3.28. The minimum Gasteiger partial charge on any atom is -0.493 e. The molecule has 0 amide bonds. The van der Waals surface area contributed by atoms with Crippen LogP contribution in [0.1, 0.15) is 0 Å². The molecular weight excluding hydrogens is 244 g/mol. The lowest BCUT2D eigenvalue weighted by molar-refractivity contribution is 0.355. The van der Waals surface area contributed by atoms with Gasteiger partial charge in [0.25, 0.3) is 0 Å². The van der Waals surface area contributed by atoms with E-state index in [0.717, 1.165) is 0 Å². The first-order chi connectivity index (χ1) is 8.17. The van der Waals surface area contributed by atoms with Crippen LogP contribution in [0.3, 0.4) is 0 Å². The van der Waals surface area contributed by atoms with Crippen molar-refractivity contribution < 1.29 is 14.0 Å². The molecule has 0 radical (unpaired) electrons. The van der Waals surface area contributed by atoms with Crippen LogP contribution in [0, 0.1) is 0 Å². The minimum atomic E-state index is 0.297. The van der Waals surface area contributed by atoms with E-state index < -0.39 is 0 Å². The average Bonchev–Trinajstić information content (AvgIpc) is 2.75. The van der Waals surface area contributed by atoms with Gasteiger partial charge in [-0.15, -0.1) is 0 Å². The molecule has 0 fully saturated rings. The Labute approximate surface area is 103 Å². The van der Waals surface area contributed by atoms with Gasteiger partial charge in [0.15, 0.2) is 23.1 Å². The summed E-state index contributed by atoms with van der Waals surface area (Å²) in [4.78, 5) is 0. The molecule has 1 aromatic carbocycles. The monoisotopic (exact) mass is 254 g/mol. The summed E-state index contributed by atoms with van der Waals surface area (Å²) in [6.07, 6.45) is 0. The molecule has 0 unspecified atom stereocenters. The second kappa shape index (κ2) is 4.55. The van der Waals surface area contributed by atoms with Crippen LogP contribution in [-0.2, 0) is 0 Å². The van der Waals surface area contributed by atoms with Crippen molar-refractivity contribution in [2.45, 2.75) is 0 Å². The Balaban J connectivity index is 2.56. The van der Waals surface area contributed by atoms with Crippen LogP contribution in [0.15, 0.2) is 22.7 Å². The zero-order chi connectivity index (χ0) is 12.4. The maximum Gasteiger partial charge on any atom is 0.180 e. The molecule has 2 aromatic rings. The zero-order valence-corrected chi connectivity index (χ0v) is 10.1. The van der Waals surface area contributed by atoms with Crippen LogP contribution >= 0.6 is 11.6 Å². The van der Waals surface area contributed by atoms with Crippen LogP contribution in [0.5, 0.6) is 11.5 Å². The molecule has 0 aliphatic rings. The van der Waals surface area contributed by atoms with Crippen molar-refractivity contribution in [1.82, 2.24) is 5.16 Å². The smallest absolute Gasteiger partial charge is 0.180 e. The van der Waals surface area contributed by atoms with E-state index in [-0.39, 0.29) is 0 Å². The third-order valence-corrected chi connectivity index (χ3v) is 2.65. The Hall–Kier alpha value is -1.88. The molecule has 1 aromatic heterocycles. The number of benzene rings is 1. The lowest BCUT2D eigenvalue weighted by atomic mass is 10.1. The first-order valence-corrected chi connectivity index (χ1v) is 5.18. The molecule has 0 aliphatic carbocycles. The predicted octanol–water partition coefficient (Wildman–Crippen LogP) is 2.59. The fourth-order valence-electron chi connectivity index (χ4n) is 1.50. The molecule has 2 rings (SSSR count). The largest absolute Gasteiger partial charge is 0.493 e. The summed E-state index contributed by atoms with van der Waals surface area (Å²) in [7, 11) is 3.06. The third kappa shape index (κ3) is 2.01. The van der Waals surface area contributed by atoms with Crippen molar-refractivity contribution in [2.75, 3.05) is 20.0 Å². The average molecular weight is 255 g/mol.